The Morgan fingerprint density at radius 3 is 2.53 bits per heavy atom. The van der Waals surface area contributed by atoms with Crippen molar-refractivity contribution in [1.82, 2.24) is 5.32 Å². The largest absolute Gasteiger partial charge is 0.465 e. The van der Waals surface area contributed by atoms with Crippen molar-refractivity contribution in [1.29, 1.82) is 0 Å². The van der Waals surface area contributed by atoms with Gasteiger partial charge in [0.25, 0.3) is 0 Å². The molecule has 2 rings (SSSR count). The van der Waals surface area contributed by atoms with Crippen molar-refractivity contribution in [3.63, 3.8) is 0 Å². The van der Waals surface area contributed by atoms with Crippen LogP contribution in [-0.2, 0) is 0 Å². The van der Waals surface area contributed by atoms with Crippen LogP contribution in [-0.4, -0.2) is 0 Å². The quantitative estimate of drug-likeness (QED) is 0.855. The van der Waals surface area contributed by atoms with Gasteiger partial charge in [0, 0.05) is 11.6 Å². The highest BCUT2D eigenvalue weighted by molar-refractivity contribution is 5.21. The number of benzene rings is 1. The standard InChI is InChI=1S/C16H20FNO/c1-4-15(13-7-5-6-8-14(13)17)18-12(3)16-10-9-11(2)19-16/h5-10,12,15,18H,4H2,1-3H3. The van der Waals surface area contributed by atoms with Crippen LogP contribution in [0.25, 0.3) is 0 Å². The van der Waals surface area contributed by atoms with E-state index in [-0.39, 0.29) is 17.9 Å². The first kappa shape index (κ1) is 13.8. The molecule has 2 unspecified atom stereocenters. The highest BCUT2D eigenvalue weighted by Crippen LogP contribution is 2.24. The summed E-state index contributed by atoms with van der Waals surface area (Å²) in [4.78, 5) is 0. The van der Waals surface area contributed by atoms with Gasteiger partial charge in [-0.05, 0) is 38.5 Å². The van der Waals surface area contributed by atoms with Crippen molar-refractivity contribution in [2.24, 2.45) is 0 Å². The Hall–Kier alpha value is -1.61. The third-order valence-electron chi connectivity index (χ3n) is 3.33. The lowest BCUT2D eigenvalue weighted by Crippen LogP contribution is -2.24. The van der Waals surface area contributed by atoms with Crippen LogP contribution in [0.15, 0.2) is 40.8 Å². The molecular weight excluding hydrogens is 241 g/mol. The average molecular weight is 261 g/mol. The number of nitrogens with one attached hydrogen (secondary N) is 1. The van der Waals surface area contributed by atoms with Gasteiger partial charge in [-0.25, -0.2) is 4.39 Å². The van der Waals surface area contributed by atoms with Crippen LogP contribution in [0.4, 0.5) is 4.39 Å². The van der Waals surface area contributed by atoms with Gasteiger partial charge < -0.3 is 9.73 Å². The Bertz CT molecular complexity index is 535. The van der Waals surface area contributed by atoms with Gasteiger partial charge in [0.05, 0.1) is 6.04 Å². The Kier molecular flexibility index (Phi) is 4.38. The second kappa shape index (κ2) is 6.02. The third-order valence-corrected chi connectivity index (χ3v) is 3.33. The van der Waals surface area contributed by atoms with Crippen LogP contribution in [0, 0.1) is 12.7 Å². The summed E-state index contributed by atoms with van der Waals surface area (Å²) in [6.45, 7) is 6.00. The topological polar surface area (TPSA) is 25.2 Å². The summed E-state index contributed by atoms with van der Waals surface area (Å²) in [6, 6.07) is 10.9. The predicted molar refractivity (Wildman–Crippen MR) is 74.4 cm³/mol. The third kappa shape index (κ3) is 3.24. The molecule has 1 heterocycles. The second-order valence-corrected chi connectivity index (χ2v) is 4.82. The lowest BCUT2D eigenvalue weighted by molar-refractivity contribution is 0.373. The van der Waals surface area contributed by atoms with E-state index in [0.29, 0.717) is 5.56 Å². The molecule has 0 aliphatic heterocycles. The fourth-order valence-electron chi connectivity index (χ4n) is 2.26. The number of rotatable bonds is 5. The van der Waals surface area contributed by atoms with Crippen LogP contribution in [0.2, 0.25) is 0 Å². The minimum absolute atomic E-state index is 0.0124. The van der Waals surface area contributed by atoms with Gasteiger partial charge in [-0.1, -0.05) is 25.1 Å². The molecule has 0 saturated carbocycles. The molecule has 0 amide bonds. The van der Waals surface area contributed by atoms with Crippen molar-refractivity contribution in [2.75, 3.05) is 0 Å². The molecular formula is C16H20FNO. The van der Waals surface area contributed by atoms with Gasteiger partial charge in [0.2, 0.25) is 0 Å². The minimum atomic E-state index is -0.162. The van der Waals surface area contributed by atoms with E-state index in [4.69, 9.17) is 4.42 Å². The molecule has 0 fully saturated rings. The summed E-state index contributed by atoms with van der Waals surface area (Å²) in [5.41, 5.74) is 0.708. The lowest BCUT2D eigenvalue weighted by Gasteiger charge is -2.22. The van der Waals surface area contributed by atoms with Gasteiger partial charge in [-0.3, -0.25) is 0 Å². The summed E-state index contributed by atoms with van der Waals surface area (Å²) in [5.74, 6) is 1.61. The molecule has 0 spiro atoms. The summed E-state index contributed by atoms with van der Waals surface area (Å²) in [6.07, 6.45) is 0.824. The summed E-state index contributed by atoms with van der Waals surface area (Å²) >= 11 is 0. The van der Waals surface area contributed by atoms with Gasteiger partial charge >= 0.3 is 0 Å². The van der Waals surface area contributed by atoms with Crippen LogP contribution in [0.1, 0.15) is 49.4 Å². The smallest absolute Gasteiger partial charge is 0.127 e. The number of furan rings is 1. The molecule has 3 heteroatoms. The molecule has 0 saturated heterocycles. The lowest BCUT2D eigenvalue weighted by atomic mass is 10.0. The Labute approximate surface area is 113 Å². The average Bonchev–Trinajstić information content (AvgIpc) is 2.83. The van der Waals surface area contributed by atoms with E-state index < -0.39 is 0 Å². The van der Waals surface area contributed by atoms with E-state index in [0.717, 1.165) is 17.9 Å². The highest BCUT2D eigenvalue weighted by Gasteiger charge is 2.18. The first-order valence-electron chi connectivity index (χ1n) is 6.68. The monoisotopic (exact) mass is 261 g/mol. The van der Waals surface area contributed by atoms with Crippen LogP contribution >= 0.6 is 0 Å². The predicted octanol–water partition coefficient (Wildman–Crippen LogP) is 4.53. The Balaban J connectivity index is 2.13. The number of halogens is 1. The highest BCUT2D eigenvalue weighted by atomic mass is 19.1. The van der Waals surface area contributed by atoms with Crippen molar-refractivity contribution in [3.8, 4) is 0 Å². The maximum atomic E-state index is 13.8. The molecule has 0 aliphatic rings. The SMILES string of the molecule is CCC(NC(C)c1ccc(C)o1)c1ccccc1F. The fourth-order valence-corrected chi connectivity index (χ4v) is 2.26. The normalized spacial score (nSPS) is 14.3. The fraction of sp³-hybridized carbons (Fsp3) is 0.375. The summed E-state index contributed by atoms with van der Waals surface area (Å²) in [5, 5.41) is 3.42. The van der Waals surface area contributed by atoms with E-state index in [1.165, 1.54) is 6.07 Å². The van der Waals surface area contributed by atoms with E-state index >= 15 is 0 Å². The van der Waals surface area contributed by atoms with Crippen molar-refractivity contribution in [3.05, 3.63) is 59.3 Å². The van der Waals surface area contributed by atoms with E-state index in [2.05, 4.69) is 5.32 Å². The number of hydrogen-bond donors (Lipinski definition) is 1. The Morgan fingerprint density at radius 1 is 1.21 bits per heavy atom. The molecule has 2 aromatic rings. The van der Waals surface area contributed by atoms with Gasteiger partial charge in [-0.15, -0.1) is 0 Å². The number of aryl methyl sites for hydroxylation is 1. The van der Waals surface area contributed by atoms with Gasteiger partial charge in [0.15, 0.2) is 0 Å². The molecule has 1 aromatic carbocycles. The second-order valence-electron chi connectivity index (χ2n) is 4.82. The van der Waals surface area contributed by atoms with E-state index in [1.807, 2.05) is 45.0 Å². The van der Waals surface area contributed by atoms with Crippen LogP contribution in [0.5, 0.6) is 0 Å². The van der Waals surface area contributed by atoms with Gasteiger partial charge in [-0.2, -0.15) is 0 Å². The molecule has 0 radical (unpaired) electrons. The summed E-state index contributed by atoms with van der Waals surface area (Å²) in [7, 11) is 0. The molecule has 0 aliphatic carbocycles. The zero-order chi connectivity index (χ0) is 13.8. The molecule has 1 aromatic heterocycles. The molecule has 19 heavy (non-hydrogen) atoms. The molecule has 2 nitrogen and oxygen atoms in total. The first-order chi connectivity index (χ1) is 9.11. The minimum Gasteiger partial charge on any atom is -0.465 e. The number of hydrogen-bond acceptors (Lipinski definition) is 2. The zero-order valence-corrected chi connectivity index (χ0v) is 11.6. The van der Waals surface area contributed by atoms with Crippen molar-refractivity contribution < 1.29 is 8.81 Å². The summed E-state index contributed by atoms with van der Waals surface area (Å²) < 4.78 is 19.4. The zero-order valence-electron chi connectivity index (χ0n) is 11.6. The molecule has 102 valence electrons. The maximum Gasteiger partial charge on any atom is 0.127 e. The van der Waals surface area contributed by atoms with Crippen molar-refractivity contribution >= 4 is 0 Å². The van der Waals surface area contributed by atoms with Crippen LogP contribution < -0.4 is 5.32 Å². The van der Waals surface area contributed by atoms with Crippen LogP contribution in [0.3, 0.4) is 0 Å². The van der Waals surface area contributed by atoms with E-state index in [1.54, 1.807) is 6.07 Å². The molecule has 1 N–H and O–H groups in total. The first-order valence-corrected chi connectivity index (χ1v) is 6.68. The van der Waals surface area contributed by atoms with E-state index in [9.17, 15) is 4.39 Å². The van der Waals surface area contributed by atoms with Gasteiger partial charge in [0.1, 0.15) is 17.3 Å². The maximum absolute atomic E-state index is 13.8. The molecule has 0 bridgehead atoms. The van der Waals surface area contributed by atoms with Crippen molar-refractivity contribution in [2.45, 2.75) is 39.3 Å². The Morgan fingerprint density at radius 2 is 1.95 bits per heavy atom. The molecule has 2 atom stereocenters.